The maximum absolute atomic E-state index is 13.1. The highest BCUT2D eigenvalue weighted by molar-refractivity contribution is 5.89. The SMILES string of the molecule is C=c1[nH]n(-c2ccc(C(=O)OC(C)C)cc2)c(=O)/c1=C/c1ccc2c(c1)n(C)c(=O)n2C. The molecule has 2 aromatic heterocycles. The molecule has 0 amide bonds. The molecule has 8 nitrogen and oxygen atoms in total. The van der Waals surface area contributed by atoms with Crippen molar-refractivity contribution in [3.8, 4) is 5.69 Å². The second-order valence-electron chi connectivity index (χ2n) is 7.94. The number of esters is 1. The summed E-state index contributed by atoms with van der Waals surface area (Å²) in [5.41, 5.74) is 2.96. The van der Waals surface area contributed by atoms with Gasteiger partial charge < -0.3 is 4.74 Å². The molecule has 0 aliphatic rings. The molecular weight excluding hydrogens is 408 g/mol. The number of ether oxygens (including phenoxy) is 1. The van der Waals surface area contributed by atoms with Crippen LogP contribution in [-0.4, -0.2) is 31.0 Å². The molecule has 164 valence electrons. The molecule has 4 rings (SSSR count). The van der Waals surface area contributed by atoms with Crippen molar-refractivity contribution in [1.82, 2.24) is 18.9 Å². The standard InChI is InChI=1S/C24H24N4O4/c1-14(2)32-23(30)17-7-9-18(10-8-17)28-22(29)19(15(3)25-28)12-16-6-11-20-21(13-16)27(5)24(31)26(20)4/h6-14,25H,3H2,1-2,4-5H3/b19-12+. The number of benzene rings is 2. The number of aryl methyl sites for hydroxylation is 2. The van der Waals surface area contributed by atoms with Crippen molar-refractivity contribution >= 4 is 29.7 Å². The summed E-state index contributed by atoms with van der Waals surface area (Å²) in [7, 11) is 3.44. The van der Waals surface area contributed by atoms with Crippen LogP contribution >= 0.6 is 0 Å². The molecule has 4 aromatic rings. The minimum atomic E-state index is -0.414. The summed E-state index contributed by atoms with van der Waals surface area (Å²) in [4.78, 5) is 37.3. The fourth-order valence-electron chi connectivity index (χ4n) is 3.64. The number of imidazole rings is 1. The normalized spacial score (nSPS) is 12.1. The van der Waals surface area contributed by atoms with Gasteiger partial charge in [0, 0.05) is 14.1 Å². The van der Waals surface area contributed by atoms with Crippen molar-refractivity contribution in [2.45, 2.75) is 20.0 Å². The van der Waals surface area contributed by atoms with E-state index in [1.165, 1.54) is 4.68 Å². The molecule has 0 bridgehead atoms. The summed E-state index contributed by atoms with van der Waals surface area (Å²) in [5, 5.41) is 3.85. The van der Waals surface area contributed by atoms with Crippen LogP contribution in [-0.2, 0) is 18.8 Å². The Hall–Kier alpha value is -4.07. The van der Waals surface area contributed by atoms with E-state index in [0.717, 1.165) is 16.6 Å². The molecule has 0 atom stereocenters. The zero-order valence-electron chi connectivity index (χ0n) is 18.4. The van der Waals surface area contributed by atoms with Gasteiger partial charge in [0.2, 0.25) is 0 Å². The number of rotatable bonds is 4. The Morgan fingerprint density at radius 3 is 2.34 bits per heavy atom. The number of nitrogens with one attached hydrogen (secondary N) is 1. The van der Waals surface area contributed by atoms with Gasteiger partial charge in [-0.15, -0.1) is 0 Å². The molecule has 0 fully saturated rings. The van der Waals surface area contributed by atoms with Crippen LogP contribution in [0.2, 0.25) is 0 Å². The fourth-order valence-corrected chi connectivity index (χ4v) is 3.64. The van der Waals surface area contributed by atoms with E-state index in [0.29, 0.717) is 21.8 Å². The van der Waals surface area contributed by atoms with Gasteiger partial charge in [0.05, 0.1) is 39.0 Å². The monoisotopic (exact) mass is 432 g/mol. The van der Waals surface area contributed by atoms with E-state index in [4.69, 9.17) is 4.74 Å². The van der Waals surface area contributed by atoms with Gasteiger partial charge in [-0.25, -0.2) is 14.3 Å². The predicted molar refractivity (Wildman–Crippen MR) is 123 cm³/mol. The third-order valence-electron chi connectivity index (χ3n) is 5.32. The Morgan fingerprint density at radius 2 is 1.69 bits per heavy atom. The van der Waals surface area contributed by atoms with Crippen LogP contribution in [0.25, 0.3) is 29.4 Å². The summed E-state index contributed by atoms with van der Waals surface area (Å²) in [6.07, 6.45) is 1.53. The Kier molecular flexibility index (Phi) is 5.22. The van der Waals surface area contributed by atoms with Gasteiger partial charge in [-0.1, -0.05) is 12.6 Å². The van der Waals surface area contributed by atoms with Gasteiger partial charge in [0.1, 0.15) is 0 Å². The Morgan fingerprint density at radius 1 is 1.03 bits per heavy atom. The lowest BCUT2D eigenvalue weighted by Crippen LogP contribution is -2.33. The number of carbonyl (C=O) groups is 1. The third-order valence-corrected chi connectivity index (χ3v) is 5.32. The average molecular weight is 432 g/mol. The van der Waals surface area contributed by atoms with E-state index in [1.54, 1.807) is 67.4 Å². The first-order valence-electron chi connectivity index (χ1n) is 10.2. The highest BCUT2D eigenvalue weighted by Gasteiger charge is 2.11. The van der Waals surface area contributed by atoms with Gasteiger partial charge in [0.25, 0.3) is 5.56 Å². The second-order valence-corrected chi connectivity index (χ2v) is 7.94. The summed E-state index contributed by atoms with van der Waals surface area (Å²) < 4.78 is 9.72. The van der Waals surface area contributed by atoms with E-state index in [1.807, 2.05) is 18.2 Å². The smallest absolute Gasteiger partial charge is 0.338 e. The van der Waals surface area contributed by atoms with E-state index >= 15 is 0 Å². The lowest BCUT2D eigenvalue weighted by atomic mass is 10.1. The molecule has 0 spiro atoms. The highest BCUT2D eigenvalue weighted by atomic mass is 16.5. The zero-order chi connectivity index (χ0) is 23.2. The number of hydrogen-bond acceptors (Lipinski definition) is 4. The van der Waals surface area contributed by atoms with Crippen LogP contribution in [0.3, 0.4) is 0 Å². The number of aromatic amines is 1. The van der Waals surface area contributed by atoms with Gasteiger partial charge in [-0.2, -0.15) is 0 Å². The van der Waals surface area contributed by atoms with Crippen molar-refractivity contribution < 1.29 is 9.53 Å². The third kappa shape index (κ3) is 3.60. The van der Waals surface area contributed by atoms with Crippen LogP contribution in [0.5, 0.6) is 0 Å². The van der Waals surface area contributed by atoms with Gasteiger partial charge >= 0.3 is 11.7 Å². The molecule has 32 heavy (non-hydrogen) atoms. The van der Waals surface area contributed by atoms with Gasteiger partial charge in [0.15, 0.2) is 0 Å². The minimum absolute atomic E-state index is 0.111. The minimum Gasteiger partial charge on any atom is -0.459 e. The molecular formula is C24H24N4O4. The Labute approximate surface area is 183 Å². The molecule has 8 heteroatoms. The van der Waals surface area contributed by atoms with E-state index in [-0.39, 0.29) is 17.4 Å². The van der Waals surface area contributed by atoms with E-state index in [2.05, 4.69) is 11.7 Å². The van der Waals surface area contributed by atoms with Crippen LogP contribution in [0, 0.1) is 0 Å². The first-order valence-corrected chi connectivity index (χ1v) is 10.2. The van der Waals surface area contributed by atoms with E-state index in [9.17, 15) is 14.4 Å². The Balaban J connectivity index is 1.75. The number of nitrogens with zero attached hydrogens (tertiary/aromatic N) is 3. The summed E-state index contributed by atoms with van der Waals surface area (Å²) in [6.45, 7) is 7.53. The quantitative estimate of drug-likeness (QED) is 0.490. The van der Waals surface area contributed by atoms with Crippen molar-refractivity contribution in [2.24, 2.45) is 14.1 Å². The van der Waals surface area contributed by atoms with Crippen molar-refractivity contribution in [3.05, 3.63) is 85.0 Å². The molecule has 0 radical (unpaired) electrons. The van der Waals surface area contributed by atoms with Gasteiger partial charge in [-0.3, -0.25) is 19.0 Å². The van der Waals surface area contributed by atoms with Crippen LogP contribution < -0.4 is 21.8 Å². The van der Waals surface area contributed by atoms with Crippen molar-refractivity contribution in [1.29, 1.82) is 0 Å². The average Bonchev–Trinajstić information content (AvgIpc) is 3.16. The molecule has 2 aromatic carbocycles. The lowest BCUT2D eigenvalue weighted by Gasteiger charge is -2.08. The van der Waals surface area contributed by atoms with Crippen molar-refractivity contribution in [2.75, 3.05) is 0 Å². The predicted octanol–water partition coefficient (Wildman–Crippen LogP) is 1.16. The molecule has 0 saturated carbocycles. The summed E-state index contributed by atoms with van der Waals surface area (Å²) in [6, 6.07) is 12.1. The Bertz CT molecular complexity index is 1560. The van der Waals surface area contributed by atoms with E-state index < -0.39 is 5.97 Å². The number of carbonyl (C=O) groups excluding carboxylic acids is 1. The molecule has 0 saturated heterocycles. The second kappa shape index (κ2) is 7.88. The maximum atomic E-state index is 13.1. The first kappa shape index (κ1) is 21.2. The summed E-state index contributed by atoms with van der Waals surface area (Å²) >= 11 is 0. The zero-order valence-corrected chi connectivity index (χ0v) is 18.4. The number of hydrogen-bond donors (Lipinski definition) is 1. The van der Waals surface area contributed by atoms with Crippen LogP contribution in [0.4, 0.5) is 0 Å². The summed E-state index contributed by atoms with van der Waals surface area (Å²) in [5.74, 6) is -0.414. The number of fused-ring (bicyclic) bond motifs is 1. The fraction of sp³-hybridized carbons (Fsp3) is 0.208. The van der Waals surface area contributed by atoms with Gasteiger partial charge in [-0.05, 0) is 61.9 Å². The molecule has 0 aliphatic heterocycles. The maximum Gasteiger partial charge on any atom is 0.338 e. The highest BCUT2D eigenvalue weighted by Crippen LogP contribution is 2.14. The lowest BCUT2D eigenvalue weighted by molar-refractivity contribution is 0.0378. The number of H-pyrrole nitrogens is 1. The van der Waals surface area contributed by atoms with Crippen LogP contribution in [0.15, 0.2) is 52.1 Å². The topological polar surface area (TPSA) is 91.0 Å². The largest absolute Gasteiger partial charge is 0.459 e. The molecule has 1 N–H and O–H groups in total. The molecule has 0 aliphatic carbocycles. The molecule has 0 unspecified atom stereocenters. The first-order chi connectivity index (χ1) is 15.2. The molecule has 2 heterocycles. The van der Waals surface area contributed by atoms with Crippen molar-refractivity contribution in [3.63, 3.8) is 0 Å². The van der Waals surface area contributed by atoms with Crippen LogP contribution in [0.1, 0.15) is 29.8 Å². The number of aromatic nitrogens is 4.